The smallest absolute Gasteiger partial charge is 0.271 e. The Morgan fingerprint density at radius 2 is 2.47 bits per heavy atom. The predicted molar refractivity (Wildman–Crippen MR) is 70.8 cm³/mol. The molecule has 0 spiro atoms. The van der Waals surface area contributed by atoms with Crippen molar-refractivity contribution in [3.05, 3.63) is 32.7 Å². The van der Waals surface area contributed by atoms with E-state index in [0.29, 0.717) is 17.9 Å². The maximum absolute atomic E-state index is 11.9. The summed E-state index contributed by atoms with van der Waals surface area (Å²) >= 11 is 4.95. The predicted octanol–water partition coefficient (Wildman–Crippen LogP) is 1.76. The molecule has 7 heteroatoms. The first kappa shape index (κ1) is 12.1. The zero-order valence-corrected chi connectivity index (χ0v) is 11.5. The van der Waals surface area contributed by atoms with E-state index in [4.69, 9.17) is 5.73 Å². The number of nitrogens with two attached hydrogens (primary N) is 1. The van der Waals surface area contributed by atoms with Gasteiger partial charge in [-0.1, -0.05) is 0 Å². The lowest BCUT2D eigenvalue weighted by molar-refractivity contribution is 0.0943. The van der Waals surface area contributed by atoms with E-state index in [0.717, 1.165) is 9.35 Å². The highest BCUT2D eigenvalue weighted by Crippen LogP contribution is 2.19. The van der Waals surface area contributed by atoms with E-state index in [1.807, 2.05) is 11.4 Å². The van der Waals surface area contributed by atoms with Gasteiger partial charge in [0.05, 0.1) is 18.4 Å². The van der Waals surface area contributed by atoms with Gasteiger partial charge in [-0.25, -0.2) is 0 Å². The third-order valence-electron chi connectivity index (χ3n) is 2.23. The Bertz CT molecular complexity index is 529. The van der Waals surface area contributed by atoms with Crippen molar-refractivity contribution in [2.45, 2.75) is 6.54 Å². The maximum Gasteiger partial charge on any atom is 0.271 e. The summed E-state index contributed by atoms with van der Waals surface area (Å²) in [7, 11) is 1.69. The molecule has 0 aliphatic heterocycles. The lowest BCUT2D eigenvalue weighted by Crippen LogP contribution is -2.25. The molecule has 90 valence electrons. The second kappa shape index (κ2) is 4.89. The molecule has 0 fully saturated rings. The summed E-state index contributed by atoms with van der Waals surface area (Å²) in [5.41, 5.74) is 6.44. The first-order valence-electron chi connectivity index (χ1n) is 4.86. The van der Waals surface area contributed by atoms with Gasteiger partial charge in [-0.05, 0) is 22.0 Å². The molecule has 0 aliphatic carbocycles. The van der Waals surface area contributed by atoms with Crippen molar-refractivity contribution in [2.75, 3.05) is 5.73 Å². The van der Waals surface area contributed by atoms with Crippen LogP contribution in [0, 0.1) is 0 Å². The number of halogens is 1. The number of nitrogens with zero attached hydrogens (tertiary/aromatic N) is 2. The molecule has 17 heavy (non-hydrogen) atoms. The number of anilines is 1. The van der Waals surface area contributed by atoms with Gasteiger partial charge < -0.3 is 11.1 Å². The van der Waals surface area contributed by atoms with Crippen LogP contribution in [-0.4, -0.2) is 15.7 Å². The zero-order chi connectivity index (χ0) is 12.4. The Hall–Kier alpha value is -1.34. The Balaban J connectivity index is 2.03. The molecule has 0 aromatic carbocycles. The minimum Gasteiger partial charge on any atom is -0.396 e. The van der Waals surface area contributed by atoms with Crippen molar-refractivity contribution >= 4 is 38.9 Å². The van der Waals surface area contributed by atoms with Crippen molar-refractivity contribution < 1.29 is 4.79 Å². The minimum absolute atomic E-state index is 0.216. The van der Waals surface area contributed by atoms with E-state index in [1.165, 1.54) is 10.9 Å². The molecule has 3 N–H and O–H groups in total. The van der Waals surface area contributed by atoms with Crippen LogP contribution in [0.4, 0.5) is 5.69 Å². The Morgan fingerprint density at radius 3 is 3.00 bits per heavy atom. The molecule has 2 aromatic rings. The van der Waals surface area contributed by atoms with E-state index in [-0.39, 0.29) is 5.91 Å². The SMILES string of the molecule is Cn1ncc(N)c1C(=O)NCc1cc(Br)cs1. The van der Waals surface area contributed by atoms with Crippen LogP contribution in [0.1, 0.15) is 15.4 Å². The largest absolute Gasteiger partial charge is 0.396 e. The first-order valence-corrected chi connectivity index (χ1v) is 6.54. The molecule has 2 aromatic heterocycles. The van der Waals surface area contributed by atoms with Crippen LogP contribution in [0.15, 0.2) is 22.1 Å². The number of nitrogens with one attached hydrogen (secondary N) is 1. The summed E-state index contributed by atoms with van der Waals surface area (Å²) < 4.78 is 2.49. The molecule has 5 nitrogen and oxygen atoms in total. The van der Waals surface area contributed by atoms with Crippen molar-refractivity contribution in [3.63, 3.8) is 0 Å². The van der Waals surface area contributed by atoms with Gasteiger partial charge in [-0.3, -0.25) is 9.48 Å². The van der Waals surface area contributed by atoms with Crippen molar-refractivity contribution in [2.24, 2.45) is 7.05 Å². The number of carbonyl (C=O) groups excluding carboxylic acids is 1. The first-order chi connectivity index (χ1) is 8.08. The van der Waals surface area contributed by atoms with Crippen molar-refractivity contribution in [1.82, 2.24) is 15.1 Å². The molecule has 2 heterocycles. The summed E-state index contributed by atoms with van der Waals surface area (Å²) in [5, 5.41) is 8.70. The van der Waals surface area contributed by atoms with Crippen LogP contribution < -0.4 is 11.1 Å². The highest BCUT2D eigenvalue weighted by Gasteiger charge is 2.14. The Labute approximate surface area is 111 Å². The van der Waals surface area contributed by atoms with E-state index >= 15 is 0 Å². The lowest BCUT2D eigenvalue weighted by Gasteiger charge is -2.04. The summed E-state index contributed by atoms with van der Waals surface area (Å²) in [6.07, 6.45) is 1.47. The van der Waals surface area contributed by atoms with Gasteiger partial charge >= 0.3 is 0 Å². The Morgan fingerprint density at radius 1 is 1.71 bits per heavy atom. The standard InChI is InChI=1S/C10H11BrN4OS/c1-15-9(8(12)4-14-15)10(16)13-3-7-2-6(11)5-17-7/h2,4-5H,3,12H2,1H3,(H,13,16). The molecule has 0 radical (unpaired) electrons. The van der Waals surface area contributed by atoms with Gasteiger partial charge in [0.25, 0.3) is 5.91 Å². The fourth-order valence-corrected chi connectivity index (χ4v) is 2.82. The second-order valence-electron chi connectivity index (χ2n) is 3.49. The van der Waals surface area contributed by atoms with Gasteiger partial charge in [0.15, 0.2) is 0 Å². The van der Waals surface area contributed by atoms with Gasteiger partial charge in [-0.2, -0.15) is 5.10 Å². The zero-order valence-electron chi connectivity index (χ0n) is 9.11. The third kappa shape index (κ3) is 2.67. The minimum atomic E-state index is -0.216. The quantitative estimate of drug-likeness (QED) is 0.906. The second-order valence-corrected chi connectivity index (χ2v) is 5.40. The topological polar surface area (TPSA) is 72.9 Å². The monoisotopic (exact) mass is 314 g/mol. The van der Waals surface area contributed by atoms with Crippen LogP contribution in [0.2, 0.25) is 0 Å². The average molecular weight is 315 g/mol. The summed E-state index contributed by atoms with van der Waals surface area (Å²) in [6, 6.07) is 1.97. The molecular formula is C10H11BrN4OS. The number of nitrogen functional groups attached to an aromatic ring is 1. The lowest BCUT2D eigenvalue weighted by atomic mass is 10.3. The molecule has 0 saturated carbocycles. The fourth-order valence-electron chi connectivity index (χ4n) is 1.43. The molecule has 0 bridgehead atoms. The molecule has 2 rings (SSSR count). The van der Waals surface area contributed by atoms with E-state index < -0.39 is 0 Å². The van der Waals surface area contributed by atoms with Crippen LogP contribution in [0.5, 0.6) is 0 Å². The Kier molecular flexibility index (Phi) is 3.49. The third-order valence-corrected chi connectivity index (χ3v) is 3.92. The van der Waals surface area contributed by atoms with Gasteiger partial charge in [0.1, 0.15) is 5.69 Å². The highest BCUT2D eigenvalue weighted by atomic mass is 79.9. The molecular weight excluding hydrogens is 304 g/mol. The average Bonchev–Trinajstić information content (AvgIpc) is 2.83. The molecule has 0 atom stereocenters. The van der Waals surface area contributed by atoms with Gasteiger partial charge in [0.2, 0.25) is 0 Å². The van der Waals surface area contributed by atoms with Crippen LogP contribution >= 0.6 is 27.3 Å². The number of rotatable bonds is 3. The summed E-state index contributed by atoms with van der Waals surface area (Å²) in [6.45, 7) is 0.486. The van der Waals surface area contributed by atoms with Gasteiger partial charge in [-0.15, -0.1) is 11.3 Å². The molecule has 0 unspecified atom stereocenters. The van der Waals surface area contributed by atoms with E-state index in [1.54, 1.807) is 18.4 Å². The number of amides is 1. The normalized spacial score (nSPS) is 10.5. The number of hydrogen-bond donors (Lipinski definition) is 2. The summed E-state index contributed by atoms with van der Waals surface area (Å²) in [4.78, 5) is 12.9. The number of carbonyl (C=O) groups is 1. The molecule has 0 aliphatic rings. The molecule has 0 saturated heterocycles. The van der Waals surface area contributed by atoms with E-state index in [2.05, 4.69) is 26.3 Å². The summed E-state index contributed by atoms with van der Waals surface area (Å²) in [5.74, 6) is -0.216. The maximum atomic E-state index is 11.9. The van der Waals surface area contributed by atoms with Crippen molar-refractivity contribution in [1.29, 1.82) is 0 Å². The van der Waals surface area contributed by atoms with Crippen LogP contribution in [-0.2, 0) is 13.6 Å². The van der Waals surface area contributed by atoms with E-state index in [9.17, 15) is 4.79 Å². The van der Waals surface area contributed by atoms with Crippen molar-refractivity contribution in [3.8, 4) is 0 Å². The fraction of sp³-hybridized carbons (Fsp3) is 0.200. The van der Waals surface area contributed by atoms with Gasteiger partial charge in [0, 0.05) is 21.8 Å². The number of aryl methyl sites for hydroxylation is 1. The molecule has 1 amide bonds. The van der Waals surface area contributed by atoms with Crippen LogP contribution in [0.3, 0.4) is 0 Å². The number of thiophene rings is 1. The number of hydrogen-bond acceptors (Lipinski definition) is 4. The highest BCUT2D eigenvalue weighted by molar-refractivity contribution is 9.10. The number of aromatic nitrogens is 2. The van der Waals surface area contributed by atoms with Crippen LogP contribution in [0.25, 0.3) is 0 Å².